The molecule has 4 N–H and O–H groups in total. The molecule has 0 saturated carbocycles. The molecule has 0 aliphatic carbocycles. The van der Waals surface area contributed by atoms with E-state index in [1.165, 1.54) is 11.8 Å². The van der Waals surface area contributed by atoms with Crippen molar-refractivity contribution in [1.29, 1.82) is 0 Å². The van der Waals surface area contributed by atoms with Crippen molar-refractivity contribution < 1.29 is 14.7 Å². The lowest BCUT2D eigenvalue weighted by Gasteiger charge is -2.25. The van der Waals surface area contributed by atoms with Gasteiger partial charge in [-0.05, 0) is 59.7 Å². The number of aliphatic hydroxyl groups is 1. The number of carbonyl (C=O) groups excluding carboxylic acids is 2. The summed E-state index contributed by atoms with van der Waals surface area (Å²) in [5.41, 5.74) is 6.31. The number of benzene rings is 2. The molecule has 5 rings (SSSR count). The zero-order chi connectivity index (χ0) is 29.6. The standard InChI is InChI=1S/C32H38N6O3S/c1-4-23-20-38-10-11-42-37(3)28-15-24(14-26(23)30(28)38)32(41)36-27(13-21-8-6-5-7-9-21)29(39)19-35-17-22-12-25(18-34-16-22)31(40)33-2/h5-9,12,14-16,18,20,27,29,35,39H,4,10-11,13,17,19H2,1-3H3,(H,33,40)(H,36,41)/t27-,29+/m0/s1. The van der Waals surface area contributed by atoms with E-state index in [4.69, 9.17) is 0 Å². The van der Waals surface area contributed by atoms with Gasteiger partial charge in [0, 0.05) is 69.0 Å². The Morgan fingerprint density at radius 2 is 1.88 bits per heavy atom. The summed E-state index contributed by atoms with van der Waals surface area (Å²) >= 11 is 1.74. The minimum atomic E-state index is -0.861. The number of anilines is 1. The number of hydrogen-bond donors (Lipinski definition) is 4. The summed E-state index contributed by atoms with van der Waals surface area (Å²) in [6.07, 6.45) is 5.92. The van der Waals surface area contributed by atoms with E-state index in [0.717, 1.165) is 46.4 Å². The van der Waals surface area contributed by atoms with Crippen molar-refractivity contribution in [2.75, 3.05) is 30.7 Å². The van der Waals surface area contributed by atoms with Crippen molar-refractivity contribution in [3.8, 4) is 0 Å². The van der Waals surface area contributed by atoms with Gasteiger partial charge in [-0.1, -0.05) is 37.3 Å². The van der Waals surface area contributed by atoms with Crippen LogP contribution in [0.25, 0.3) is 10.9 Å². The van der Waals surface area contributed by atoms with Crippen molar-refractivity contribution in [2.24, 2.45) is 0 Å². The van der Waals surface area contributed by atoms with Gasteiger partial charge >= 0.3 is 0 Å². The molecule has 1 aliphatic heterocycles. The molecule has 0 fully saturated rings. The van der Waals surface area contributed by atoms with Crippen LogP contribution >= 0.6 is 11.9 Å². The van der Waals surface area contributed by atoms with Gasteiger partial charge < -0.3 is 29.9 Å². The maximum Gasteiger partial charge on any atom is 0.252 e. The van der Waals surface area contributed by atoms with Gasteiger partial charge in [0.05, 0.1) is 28.9 Å². The minimum absolute atomic E-state index is 0.203. The predicted molar refractivity (Wildman–Crippen MR) is 169 cm³/mol. The van der Waals surface area contributed by atoms with Crippen LogP contribution in [-0.4, -0.2) is 65.0 Å². The molecule has 4 aromatic rings. The molecule has 0 bridgehead atoms. The Morgan fingerprint density at radius 3 is 2.64 bits per heavy atom. The predicted octanol–water partition coefficient (Wildman–Crippen LogP) is 3.55. The molecule has 10 heteroatoms. The van der Waals surface area contributed by atoms with Gasteiger partial charge in [-0.3, -0.25) is 14.6 Å². The van der Waals surface area contributed by atoms with Gasteiger partial charge in [0.2, 0.25) is 0 Å². The summed E-state index contributed by atoms with van der Waals surface area (Å²) in [7, 11) is 3.62. The van der Waals surface area contributed by atoms with Gasteiger partial charge in [0.15, 0.2) is 0 Å². The quantitative estimate of drug-likeness (QED) is 0.199. The maximum absolute atomic E-state index is 13.8. The first-order chi connectivity index (χ1) is 20.4. The monoisotopic (exact) mass is 586 g/mol. The number of aliphatic hydroxyl groups excluding tert-OH is 1. The van der Waals surface area contributed by atoms with Gasteiger partial charge in [0.25, 0.3) is 11.8 Å². The summed E-state index contributed by atoms with van der Waals surface area (Å²) in [5.74, 6) is 0.544. The average Bonchev–Trinajstić information content (AvgIpc) is 3.29. The van der Waals surface area contributed by atoms with Crippen LogP contribution in [0.1, 0.15) is 44.3 Å². The Hall–Kier alpha value is -3.86. The van der Waals surface area contributed by atoms with Crippen molar-refractivity contribution in [3.05, 3.63) is 94.9 Å². The molecular formula is C32H38N6O3S. The molecule has 9 nitrogen and oxygen atoms in total. The largest absolute Gasteiger partial charge is 0.390 e. The topological polar surface area (TPSA) is 112 Å². The summed E-state index contributed by atoms with van der Waals surface area (Å²) in [6, 6.07) is 15.0. The lowest BCUT2D eigenvalue weighted by molar-refractivity contribution is 0.0830. The highest BCUT2D eigenvalue weighted by atomic mass is 32.2. The first-order valence-electron chi connectivity index (χ1n) is 14.3. The first-order valence-corrected chi connectivity index (χ1v) is 15.2. The highest BCUT2D eigenvalue weighted by Gasteiger charge is 2.25. The summed E-state index contributed by atoms with van der Waals surface area (Å²) in [5, 5.41) is 21.4. The van der Waals surface area contributed by atoms with Crippen molar-refractivity contribution >= 4 is 40.4 Å². The third-order valence-electron chi connectivity index (χ3n) is 7.68. The highest BCUT2D eigenvalue weighted by molar-refractivity contribution is 8.00. The maximum atomic E-state index is 13.8. The molecule has 3 heterocycles. The molecule has 2 amide bonds. The Kier molecular flexibility index (Phi) is 9.46. The number of pyridine rings is 1. The van der Waals surface area contributed by atoms with E-state index in [1.54, 1.807) is 31.3 Å². The number of nitrogens with one attached hydrogen (secondary N) is 3. The second-order valence-corrected chi connectivity index (χ2v) is 11.8. The molecular weight excluding hydrogens is 548 g/mol. The number of amides is 2. The lowest BCUT2D eigenvalue weighted by Crippen LogP contribution is -2.48. The molecule has 0 spiro atoms. The number of aryl methyl sites for hydroxylation is 2. The molecule has 2 aromatic heterocycles. The zero-order valence-corrected chi connectivity index (χ0v) is 25.1. The Morgan fingerprint density at radius 1 is 1.07 bits per heavy atom. The van der Waals surface area contributed by atoms with Gasteiger partial charge in [-0.25, -0.2) is 0 Å². The second-order valence-electron chi connectivity index (χ2n) is 10.6. The number of hydrogen-bond acceptors (Lipinski definition) is 7. The number of aromatic nitrogens is 2. The third kappa shape index (κ3) is 6.61. The van der Waals surface area contributed by atoms with Crippen LogP contribution in [0.3, 0.4) is 0 Å². The van der Waals surface area contributed by atoms with Gasteiger partial charge in [-0.2, -0.15) is 0 Å². The van der Waals surface area contributed by atoms with E-state index in [9.17, 15) is 14.7 Å². The van der Waals surface area contributed by atoms with Gasteiger partial charge in [0.1, 0.15) is 0 Å². The number of rotatable bonds is 11. The van der Waals surface area contributed by atoms with Crippen molar-refractivity contribution in [3.63, 3.8) is 0 Å². The van der Waals surface area contributed by atoms with Crippen LogP contribution < -0.4 is 20.3 Å². The summed E-state index contributed by atoms with van der Waals surface area (Å²) in [6.45, 7) is 3.73. The third-order valence-corrected chi connectivity index (χ3v) is 8.63. The van der Waals surface area contributed by atoms with Crippen LogP contribution in [-0.2, 0) is 25.9 Å². The molecule has 1 aliphatic rings. The molecule has 2 aromatic carbocycles. The first kappa shape index (κ1) is 29.6. The average molecular weight is 587 g/mol. The molecule has 0 radical (unpaired) electrons. The number of nitrogens with zero attached hydrogens (tertiary/aromatic N) is 3. The molecule has 0 saturated heterocycles. The van der Waals surface area contributed by atoms with Crippen LogP contribution in [0.4, 0.5) is 5.69 Å². The van der Waals surface area contributed by atoms with E-state index >= 15 is 0 Å². The molecule has 220 valence electrons. The second kappa shape index (κ2) is 13.4. The van der Waals surface area contributed by atoms with Crippen LogP contribution in [0, 0.1) is 0 Å². The SMILES string of the molecule is CCc1cn2c3c(cc(C(=O)N[C@@H](Cc4ccccc4)[C@H](O)CNCc4cncc(C(=O)NC)c4)cc13)N(C)SCC2. The van der Waals surface area contributed by atoms with Crippen molar-refractivity contribution in [1.82, 2.24) is 25.5 Å². The molecule has 2 atom stereocenters. The Bertz CT molecular complexity index is 1560. The zero-order valence-electron chi connectivity index (χ0n) is 24.3. The minimum Gasteiger partial charge on any atom is -0.390 e. The van der Waals surface area contributed by atoms with Gasteiger partial charge in [-0.15, -0.1) is 0 Å². The Balaban J connectivity index is 1.35. The van der Waals surface area contributed by atoms with E-state index in [2.05, 4.69) is 42.9 Å². The molecule has 42 heavy (non-hydrogen) atoms. The summed E-state index contributed by atoms with van der Waals surface area (Å²) < 4.78 is 4.45. The van der Waals surface area contributed by atoms with Crippen LogP contribution in [0.15, 0.2) is 67.1 Å². The normalized spacial score (nSPS) is 14.3. The van der Waals surface area contributed by atoms with E-state index in [-0.39, 0.29) is 18.4 Å². The Labute approximate surface area is 250 Å². The number of carbonyl (C=O) groups is 2. The van der Waals surface area contributed by atoms with E-state index < -0.39 is 12.1 Å². The molecule has 0 unspecified atom stereocenters. The fourth-order valence-corrected chi connectivity index (χ4v) is 6.26. The van der Waals surface area contributed by atoms with E-state index in [0.29, 0.717) is 24.1 Å². The lowest BCUT2D eigenvalue weighted by atomic mass is 9.99. The van der Waals surface area contributed by atoms with Crippen LogP contribution in [0.2, 0.25) is 0 Å². The smallest absolute Gasteiger partial charge is 0.252 e. The van der Waals surface area contributed by atoms with E-state index in [1.807, 2.05) is 49.5 Å². The van der Waals surface area contributed by atoms with Crippen molar-refractivity contribution in [2.45, 2.75) is 45.0 Å². The highest BCUT2D eigenvalue weighted by Crippen LogP contribution is 2.37. The fourth-order valence-electron chi connectivity index (χ4n) is 5.43. The summed E-state index contributed by atoms with van der Waals surface area (Å²) in [4.78, 5) is 29.9. The van der Waals surface area contributed by atoms with Crippen LogP contribution in [0.5, 0.6) is 0 Å². The fraction of sp³-hybridized carbons (Fsp3) is 0.344.